The van der Waals surface area contributed by atoms with E-state index in [2.05, 4.69) is 30.7 Å². The highest BCUT2D eigenvalue weighted by molar-refractivity contribution is 9.10. The van der Waals surface area contributed by atoms with Crippen LogP contribution in [0.15, 0.2) is 29.0 Å². The number of pyridine rings is 1. The van der Waals surface area contributed by atoms with Crippen LogP contribution in [-0.4, -0.2) is 27.8 Å². The lowest BCUT2D eigenvalue weighted by molar-refractivity contribution is 0.0594. The fourth-order valence-corrected chi connectivity index (χ4v) is 1.50. The maximum atomic E-state index is 11.3. The van der Waals surface area contributed by atoms with Gasteiger partial charge in [0, 0.05) is 10.7 Å². The van der Waals surface area contributed by atoms with Crippen LogP contribution < -0.4 is 5.73 Å². The zero-order valence-corrected chi connectivity index (χ0v) is 10.5. The molecule has 0 aliphatic carbocycles. The molecule has 88 valence electrons. The summed E-state index contributed by atoms with van der Waals surface area (Å²) in [6, 6.07) is 3.57. The Kier molecular flexibility index (Phi) is 3.10. The molecule has 17 heavy (non-hydrogen) atoms. The zero-order chi connectivity index (χ0) is 12.4. The van der Waals surface area contributed by atoms with Crippen LogP contribution in [0.1, 0.15) is 10.5 Å². The predicted octanol–water partition coefficient (Wildman–Crippen LogP) is 1.40. The van der Waals surface area contributed by atoms with Gasteiger partial charge < -0.3 is 10.5 Å². The lowest BCUT2D eigenvalue weighted by Gasteiger charge is -1.99. The molecule has 0 spiro atoms. The molecular weight excluding hydrogens is 288 g/mol. The molecule has 0 aliphatic heterocycles. The number of hydrogen-bond donors (Lipinski definition) is 1. The third-order valence-electron chi connectivity index (χ3n) is 2.07. The van der Waals surface area contributed by atoms with Crippen molar-refractivity contribution in [3.63, 3.8) is 0 Å². The van der Waals surface area contributed by atoms with Crippen molar-refractivity contribution in [2.45, 2.75) is 0 Å². The number of methoxy groups -OCH3 is 1. The van der Waals surface area contributed by atoms with E-state index in [-0.39, 0.29) is 11.4 Å². The summed E-state index contributed by atoms with van der Waals surface area (Å²) in [4.78, 5) is 15.5. The van der Waals surface area contributed by atoms with Gasteiger partial charge >= 0.3 is 5.97 Å². The van der Waals surface area contributed by atoms with Crippen molar-refractivity contribution < 1.29 is 9.53 Å². The summed E-state index contributed by atoms with van der Waals surface area (Å²) in [5, 5.41) is 4.02. The van der Waals surface area contributed by atoms with Gasteiger partial charge in [0.25, 0.3) is 0 Å². The monoisotopic (exact) mass is 296 g/mol. The van der Waals surface area contributed by atoms with E-state index in [4.69, 9.17) is 5.73 Å². The van der Waals surface area contributed by atoms with Gasteiger partial charge in [0.05, 0.1) is 19.0 Å². The number of rotatable bonds is 2. The fraction of sp³-hybridized carbons (Fsp3) is 0.100. The molecule has 0 unspecified atom stereocenters. The summed E-state index contributed by atoms with van der Waals surface area (Å²) in [6.07, 6.45) is 3.15. The van der Waals surface area contributed by atoms with Crippen LogP contribution in [0.2, 0.25) is 0 Å². The van der Waals surface area contributed by atoms with Gasteiger partial charge in [-0.05, 0) is 28.1 Å². The normalized spacial score (nSPS) is 10.2. The van der Waals surface area contributed by atoms with Crippen molar-refractivity contribution in [1.29, 1.82) is 0 Å². The highest BCUT2D eigenvalue weighted by Crippen LogP contribution is 2.15. The van der Waals surface area contributed by atoms with Crippen molar-refractivity contribution in [3.05, 3.63) is 34.7 Å². The van der Waals surface area contributed by atoms with Gasteiger partial charge in [0.15, 0.2) is 11.5 Å². The maximum Gasteiger partial charge on any atom is 0.360 e. The van der Waals surface area contributed by atoms with Gasteiger partial charge in [-0.2, -0.15) is 5.10 Å². The standard InChI is InChI=1S/C10H9BrN4O2/c1-17-10(16)9-7(12)5-15(14-9)8-3-2-6(11)4-13-8/h2-5H,12H2,1H3. The van der Waals surface area contributed by atoms with Crippen molar-refractivity contribution >= 4 is 27.6 Å². The van der Waals surface area contributed by atoms with E-state index in [0.717, 1.165) is 4.47 Å². The van der Waals surface area contributed by atoms with Crippen molar-refractivity contribution in [1.82, 2.24) is 14.8 Å². The Morgan fingerprint density at radius 3 is 2.88 bits per heavy atom. The molecule has 0 bridgehead atoms. The predicted molar refractivity (Wildman–Crippen MR) is 64.8 cm³/mol. The van der Waals surface area contributed by atoms with Crippen molar-refractivity contribution in [3.8, 4) is 5.82 Å². The average Bonchev–Trinajstić information content (AvgIpc) is 2.71. The first-order valence-electron chi connectivity index (χ1n) is 4.67. The molecule has 0 saturated heterocycles. The second-order valence-corrected chi connectivity index (χ2v) is 4.12. The molecule has 2 rings (SSSR count). The van der Waals surface area contributed by atoms with Gasteiger partial charge in [-0.1, -0.05) is 0 Å². The zero-order valence-electron chi connectivity index (χ0n) is 8.92. The minimum atomic E-state index is -0.571. The van der Waals surface area contributed by atoms with E-state index in [9.17, 15) is 4.79 Å². The first-order chi connectivity index (χ1) is 8.11. The molecule has 0 saturated carbocycles. The minimum Gasteiger partial charge on any atom is -0.464 e. The molecule has 0 amide bonds. The van der Waals surface area contributed by atoms with Crippen LogP contribution in [-0.2, 0) is 4.74 Å². The molecule has 0 radical (unpaired) electrons. The quantitative estimate of drug-likeness (QED) is 0.847. The number of nitrogens with two attached hydrogens (primary N) is 1. The Labute approximate surface area is 106 Å². The molecule has 6 nitrogen and oxygen atoms in total. The highest BCUT2D eigenvalue weighted by atomic mass is 79.9. The number of ether oxygens (including phenoxy) is 1. The minimum absolute atomic E-state index is 0.0808. The largest absolute Gasteiger partial charge is 0.464 e. The summed E-state index contributed by atoms with van der Waals surface area (Å²) in [5.74, 6) is -0.00610. The number of halogens is 1. The molecule has 0 atom stereocenters. The SMILES string of the molecule is COC(=O)c1nn(-c2ccc(Br)cn2)cc1N. The number of nitrogen functional groups attached to an aromatic ring is 1. The molecule has 7 heteroatoms. The van der Waals surface area contributed by atoms with E-state index in [0.29, 0.717) is 5.82 Å². The maximum absolute atomic E-state index is 11.3. The number of carbonyl (C=O) groups is 1. The van der Waals surface area contributed by atoms with Crippen LogP contribution in [0.4, 0.5) is 5.69 Å². The first-order valence-corrected chi connectivity index (χ1v) is 5.46. The second kappa shape index (κ2) is 4.54. The summed E-state index contributed by atoms with van der Waals surface area (Å²) in [7, 11) is 1.28. The Morgan fingerprint density at radius 1 is 1.53 bits per heavy atom. The highest BCUT2D eigenvalue weighted by Gasteiger charge is 2.15. The van der Waals surface area contributed by atoms with Gasteiger partial charge in [-0.25, -0.2) is 14.5 Å². The Morgan fingerprint density at radius 2 is 2.29 bits per heavy atom. The Balaban J connectivity index is 2.41. The smallest absolute Gasteiger partial charge is 0.360 e. The van der Waals surface area contributed by atoms with Crippen LogP contribution in [0.25, 0.3) is 5.82 Å². The van der Waals surface area contributed by atoms with Gasteiger partial charge in [-0.3, -0.25) is 0 Å². The van der Waals surface area contributed by atoms with Gasteiger partial charge in [0.1, 0.15) is 0 Å². The number of aromatic nitrogens is 3. The third kappa shape index (κ3) is 2.28. The van der Waals surface area contributed by atoms with E-state index in [1.807, 2.05) is 6.07 Å². The van der Waals surface area contributed by atoms with Crippen LogP contribution in [0.5, 0.6) is 0 Å². The number of nitrogens with zero attached hydrogens (tertiary/aromatic N) is 3. The summed E-state index contributed by atoms with van der Waals surface area (Å²) < 4.78 is 6.84. The summed E-state index contributed by atoms with van der Waals surface area (Å²) in [5.41, 5.74) is 6.00. The van der Waals surface area contributed by atoms with Crippen LogP contribution >= 0.6 is 15.9 Å². The lowest BCUT2D eigenvalue weighted by atomic mass is 10.4. The number of anilines is 1. The van der Waals surface area contributed by atoms with Gasteiger partial charge in [0.2, 0.25) is 0 Å². The first kappa shape index (κ1) is 11.6. The van der Waals surface area contributed by atoms with E-state index in [1.54, 1.807) is 12.3 Å². The molecule has 0 aliphatic rings. The number of hydrogen-bond acceptors (Lipinski definition) is 5. The Hall–Kier alpha value is -1.89. The molecule has 2 aromatic heterocycles. The number of carbonyl (C=O) groups excluding carboxylic acids is 1. The molecule has 0 aromatic carbocycles. The van der Waals surface area contributed by atoms with Crippen molar-refractivity contribution in [2.24, 2.45) is 0 Å². The van der Waals surface area contributed by atoms with E-state index >= 15 is 0 Å². The second-order valence-electron chi connectivity index (χ2n) is 3.20. The van der Waals surface area contributed by atoms with Crippen LogP contribution in [0, 0.1) is 0 Å². The van der Waals surface area contributed by atoms with E-state index in [1.165, 1.54) is 18.0 Å². The summed E-state index contributed by atoms with van der Waals surface area (Å²) >= 11 is 3.28. The van der Waals surface area contributed by atoms with Crippen LogP contribution in [0.3, 0.4) is 0 Å². The third-order valence-corrected chi connectivity index (χ3v) is 2.54. The molecule has 2 N–H and O–H groups in total. The number of esters is 1. The van der Waals surface area contributed by atoms with Gasteiger partial charge in [-0.15, -0.1) is 0 Å². The fourth-order valence-electron chi connectivity index (χ4n) is 1.26. The molecule has 2 aromatic rings. The lowest BCUT2D eigenvalue weighted by Crippen LogP contribution is -2.06. The topological polar surface area (TPSA) is 83.0 Å². The molecule has 0 fully saturated rings. The van der Waals surface area contributed by atoms with E-state index < -0.39 is 5.97 Å². The molecular formula is C10H9BrN4O2. The molecule has 2 heterocycles. The average molecular weight is 297 g/mol. The summed E-state index contributed by atoms with van der Waals surface area (Å²) in [6.45, 7) is 0. The Bertz CT molecular complexity index is 550. The van der Waals surface area contributed by atoms with Crippen molar-refractivity contribution in [2.75, 3.05) is 12.8 Å².